The van der Waals surface area contributed by atoms with Gasteiger partial charge in [-0.25, -0.2) is 0 Å². The van der Waals surface area contributed by atoms with Crippen LogP contribution in [-0.2, 0) is 13.0 Å². The molecule has 0 unspecified atom stereocenters. The predicted octanol–water partition coefficient (Wildman–Crippen LogP) is 6.47. The zero-order valence-corrected chi connectivity index (χ0v) is 21.8. The second-order valence-corrected chi connectivity index (χ2v) is 9.32. The van der Waals surface area contributed by atoms with E-state index < -0.39 is 17.2 Å². The minimum Gasteiger partial charge on any atom is -0.494 e. The van der Waals surface area contributed by atoms with Crippen molar-refractivity contribution in [1.29, 1.82) is 5.26 Å². The smallest absolute Gasteiger partial charge is 0.271 e. The fourth-order valence-corrected chi connectivity index (χ4v) is 4.59. The normalized spacial score (nSPS) is 10.8. The molecule has 3 rings (SSSR count). The summed E-state index contributed by atoms with van der Waals surface area (Å²) >= 11 is 12.8. The number of ether oxygens (including phenoxy) is 1. The molecule has 0 radical (unpaired) electrons. The number of aryl methyl sites for hydroxylation is 1. The van der Waals surface area contributed by atoms with Crippen LogP contribution < -0.4 is 10.3 Å². The molecule has 1 aromatic heterocycles. The molecule has 0 saturated carbocycles. The van der Waals surface area contributed by atoms with Gasteiger partial charge >= 0.3 is 0 Å². The number of hydrogen-bond donors (Lipinski definition) is 1. The molecule has 2 aromatic carbocycles. The van der Waals surface area contributed by atoms with Crippen molar-refractivity contribution in [3.8, 4) is 17.7 Å². The topological polar surface area (TPSA) is 92.3 Å². The third-order valence-corrected chi connectivity index (χ3v) is 6.56. The molecule has 0 fully saturated rings. The number of ketones is 1. The zero-order chi connectivity index (χ0) is 26.2. The Balaban J connectivity index is 1.95. The first kappa shape index (κ1) is 27.3. The highest BCUT2D eigenvalue weighted by Crippen LogP contribution is 2.36. The highest BCUT2D eigenvalue weighted by atomic mass is 35.5. The van der Waals surface area contributed by atoms with E-state index in [1.165, 1.54) is 19.1 Å². The van der Waals surface area contributed by atoms with Crippen molar-refractivity contribution in [2.24, 2.45) is 0 Å². The van der Waals surface area contributed by atoms with Gasteiger partial charge in [0.15, 0.2) is 11.5 Å². The summed E-state index contributed by atoms with van der Waals surface area (Å²) in [7, 11) is 0. The summed E-state index contributed by atoms with van der Waals surface area (Å²) in [6, 6.07) is 14.1. The number of carbonyl (C=O) groups excluding carboxylic acids is 1. The van der Waals surface area contributed by atoms with E-state index in [1.807, 2.05) is 36.4 Å². The van der Waals surface area contributed by atoms with E-state index in [-0.39, 0.29) is 44.6 Å². The largest absolute Gasteiger partial charge is 0.494 e. The van der Waals surface area contributed by atoms with Gasteiger partial charge in [-0.3, -0.25) is 14.2 Å². The maximum Gasteiger partial charge on any atom is 0.271 e. The van der Waals surface area contributed by atoms with Crippen LogP contribution in [0.15, 0.2) is 47.3 Å². The molecule has 0 bridgehead atoms. The van der Waals surface area contributed by atoms with Gasteiger partial charge in [-0.1, -0.05) is 79.7 Å². The third kappa shape index (κ3) is 6.10. The van der Waals surface area contributed by atoms with Crippen LogP contribution in [0.3, 0.4) is 0 Å². The van der Waals surface area contributed by atoms with Crippen LogP contribution in [0, 0.1) is 18.3 Å². The number of halogens is 2. The maximum absolute atomic E-state index is 13.5. The van der Waals surface area contributed by atoms with Crippen molar-refractivity contribution >= 4 is 29.0 Å². The van der Waals surface area contributed by atoms with E-state index in [0.717, 1.165) is 35.8 Å². The van der Waals surface area contributed by atoms with Gasteiger partial charge in [-0.05, 0) is 43.0 Å². The Morgan fingerprint density at radius 1 is 1.11 bits per heavy atom. The molecule has 6 nitrogen and oxygen atoms in total. The Labute approximate surface area is 220 Å². The van der Waals surface area contributed by atoms with Gasteiger partial charge in [0.05, 0.1) is 22.2 Å². The molecule has 188 valence electrons. The number of hydrogen-bond acceptors (Lipinski definition) is 5. The van der Waals surface area contributed by atoms with E-state index in [1.54, 1.807) is 0 Å². The summed E-state index contributed by atoms with van der Waals surface area (Å²) in [5.41, 5.74) is 0.166. The molecule has 8 heteroatoms. The molecule has 0 saturated heterocycles. The van der Waals surface area contributed by atoms with Gasteiger partial charge in [-0.15, -0.1) is 0 Å². The van der Waals surface area contributed by atoms with Crippen molar-refractivity contribution in [2.45, 2.75) is 52.5 Å². The number of benzene rings is 2. The Kier molecular flexibility index (Phi) is 9.58. The highest BCUT2D eigenvalue weighted by Gasteiger charge is 2.26. The Morgan fingerprint density at radius 2 is 1.78 bits per heavy atom. The first-order valence-corrected chi connectivity index (χ1v) is 12.6. The number of pyridine rings is 1. The van der Waals surface area contributed by atoms with Crippen LogP contribution in [0.25, 0.3) is 0 Å². The van der Waals surface area contributed by atoms with Gasteiger partial charge in [0.25, 0.3) is 5.56 Å². The van der Waals surface area contributed by atoms with Gasteiger partial charge in [-0.2, -0.15) is 5.26 Å². The number of carbonyl (C=O) groups is 1. The van der Waals surface area contributed by atoms with E-state index in [9.17, 15) is 20.0 Å². The van der Waals surface area contributed by atoms with Crippen LogP contribution in [0.2, 0.25) is 10.0 Å². The van der Waals surface area contributed by atoms with Crippen LogP contribution >= 0.6 is 23.2 Å². The summed E-state index contributed by atoms with van der Waals surface area (Å²) in [4.78, 5) is 26.4. The van der Waals surface area contributed by atoms with Crippen LogP contribution in [0.5, 0.6) is 11.6 Å². The van der Waals surface area contributed by atoms with Gasteiger partial charge < -0.3 is 9.84 Å². The van der Waals surface area contributed by atoms with Crippen molar-refractivity contribution in [3.63, 3.8) is 0 Å². The van der Waals surface area contributed by atoms with Crippen molar-refractivity contribution in [3.05, 3.63) is 90.7 Å². The first-order chi connectivity index (χ1) is 17.3. The minimum absolute atomic E-state index is 0.0935. The SMILES string of the molecule is CCCCCCOc1c(Cl)cc(C(=O)c2c(C)c(C#N)c(=O)n(CCc3ccccc3)c2O)cc1Cl. The Bertz CT molecular complexity index is 1320. The lowest BCUT2D eigenvalue weighted by atomic mass is 9.97. The van der Waals surface area contributed by atoms with Gasteiger partial charge in [0.1, 0.15) is 11.6 Å². The second-order valence-electron chi connectivity index (χ2n) is 8.51. The van der Waals surface area contributed by atoms with E-state index in [0.29, 0.717) is 13.0 Å². The molecule has 0 spiro atoms. The molecule has 1 N–H and O–H groups in total. The molecule has 36 heavy (non-hydrogen) atoms. The van der Waals surface area contributed by atoms with Crippen molar-refractivity contribution in [2.75, 3.05) is 6.61 Å². The number of unbranched alkanes of at least 4 members (excludes halogenated alkanes) is 3. The minimum atomic E-state index is -0.650. The van der Waals surface area contributed by atoms with E-state index >= 15 is 0 Å². The lowest BCUT2D eigenvalue weighted by Crippen LogP contribution is -2.27. The lowest BCUT2D eigenvalue weighted by Gasteiger charge is -2.16. The Hall–Kier alpha value is -3.27. The standard InChI is InChI=1S/C28H28Cl2N2O4/c1-3-4-5-9-14-36-26-22(29)15-20(16-23(26)30)25(33)24-18(2)21(17-31)27(34)32(28(24)35)13-12-19-10-7-6-8-11-19/h6-8,10-11,15-16,35H,3-5,9,12-14H2,1-2H3. The molecule has 0 amide bonds. The number of rotatable bonds is 11. The number of nitriles is 1. The summed E-state index contributed by atoms with van der Waals surface area (Å²) in [5.74, 6) is -0.813. The second kappa shape index (κ2) is 12.6. The van der Waals surface area contributed by atoms with Crippen molar-refractivity contribution < 1.29 is 14.6 Å². The fraction of sp³-hybridized carbons (Fsp3) is 0.321. The first-order valence-electron chi connectivity index (χ1n) is 11.9. The van der Waals surface area contributed by atoms with Crippen LogP contribution in [0.4, 0.5) is 0 Å². The quantitative estimate of drug-likeness (QED) is 0.228. The molecule has 3 aromatic rings. The molecule has 0 atom stereocenters. The third-order valence-electron chi connectivity index (χ3n) is 6.00. The summed E-state index contributed by atoms with van der Waals surface area (Å²) in [6.45, 7) is 4.13. The molecule has 0 aliphatic rings. The average molecular weight is 527 g/mol. The average Bonchev–Trinajstić information content (AvgIpc) is 2.86. The lowest BCUT2D eigenvalue weighted by molar-refractivity contribution is 0.103. The van der Waals surface area contributed by atoms with Crippen LogP contribution in [-0.4, -0.2) is 22.1 Å². The van der Waals surface area contributed by atoms with Crippen molar-refractivity contribution in [1.82, 2.24) is 4.57 Å². The predicted molar refractivity (Wildman–Crippen MR) is 141 cm³/mol. The number of aromatic hydroxyl groups is 1. The van der Waals surface area contributed by atoms with E-state index in [4.69, 9.17) is 27.9 Å². The molecule has 1 heterocycles. The maximum atomic E-state index is 13.5. The summed E-state index contributed by atoms with van der Waals surface area (Å²) in [6.07, 6.45) is 4.53. The van der Waals surface area contributed by atoms with Gasteiger partial charge in [0, 0.05) is 12.1 Å². The van der Waals surface area contributed by atoms with E-state index in [2.05, 4.69) is 6.92 Å². The monoisotopic (exact) mass is 526 g/mol. The highest BCUT2D eigenvalue weighted by molar-refractivity contribution is 6.38. The summed E-state index contributed by atoms with van der Waals surface area (Å²) in [5, 5.41) is 21.0. The summed E-state index contributed by atoms with van der Waals surface area (Å²) < 4.78 is 6.79. The number of nitrogens with zero attached hydrogens (tertiary/aromatic N) is 2. The van der Waals surface area contributed by atoms with Gasteiger partial charge in [0.2, 0.25) is 5.88 Å². The fourth-order valence-electron chi connectivity index (χ4n) is 3.99. The molecular weight excluding hydrogens is 499 g/mol. The molecular formula is C28H28Cl2N2O4. The molecule has 0 aliphatic heterocycles. The Morgan fingerprint density at radius 3 is 2.39 bits per heavy atom. The van der Waals surface area contributed by atoms with Crippen LogP contribution in [0.1, 0.15) is 65.2 Å². The molecule has 0 aliphatic carbocycles. The zero-order valence-electron chi connectivity index (χ0n) is 20.3. The number of aromatic nitrogens is 1.